The van der Waals surface area contributed by atoms with Crippen LogP contribution in [-0.4, -0.2) is 79.6 Å². The molecule has 0 aliphatic carbocycles. The van der Waals surface area contributed by atoms with E-state index in [-0.39, 0.29) is 49.8 Å². The van der Waals surface area contributed by atoms with E-state index in [1.165, 1.54) is 37.3 Å². The van der Waals surface area contributed by atoms with E-state index in [4.69, 9.17) is 47.0 Å². The molecule has 296 valence electrons. The van der Waals surface area contributed by atoms with Crippen LogP contribution in [-0.2, 0) is 57.2 Å². The van der Waals surface area contributed by atoms with Gasteiger partial charge in [-0.1, -0.05) is 0 Å². The van der Waals surface area contributed by atoms with Crippen molar-refractivity contribution in [2.45, 2.75) is 80.0 Å². The smallest absolute Gasteiger partial charge is 0.308 e. The Morgan fingerprint density at radius 2 is 1.20 bits per heavy atom. The van der Waals surface area contributed by atoms with E-state index < -0.39 is 85.0 Å². The Morgan fingerprint density at radius 3 is 1.75 bits per heavy atom. The Morgan fingerprint density at radius 1 is 0.655 bits per heavy atom. The molecular weight excluding hydrogens is 800 g/mol. The average molecular weight is 838 g/mol. The molecule has 18 nitrogen and oxygen atoms in total. The maximum atomic E-state index is 13.7. The molecule has 0 fully saturated rings. The molecule has 4 atom stereocenters. The minimum atomic E-state index is -1.51. The molecule has 0 spiro atoms. The lowest BCUT2D eigenvalue weighted by Gasteiger charge is -2.33. The number of benzene rings is 2. The molecule has 3 unspecified atom stereocenters. The van der Waals surface area contributed by atoms with Gasteiger partial charge in [0.05, 0.1) is 0 Å². The number of hydrogen-bond acceptors (Lipinski definition) is 18. The lowest BCUT2D eigenvalue weighted by Crippen LogP contribution is -2.50. The zero-order valence-corrected chi connectivity index (χ0v) is 32.4. The molecule has 1 aromatic heterocycles. The Bertz CT molecular complexity index is 2030. The summed E-state index contributed by atoms with van der Waals surface area (Å²) < 4.78 is 54.4. The normalized spacial score (nSPS) is 13.0. The van der Waals surface area contributed by atoms with Gasteiger partial charge in [-0.05, 0) is 41.1 Å². The third kappa shape index (κ3) is 12.9. The molecule has 0 amide bonds. The molecule has 19 heteroatoms. The van der Waals surface area contributed by atoms with Crippen LogP contribution in [0.5, 0.6) is 23.0 Å². The average Bonchev–Trinajstić information content (AvgIpc) is 3.05. The monoisotopic (exact) mass is 836 g/mol. The van der Waals surface area contributed by atoms with Crippen LogP contribution in [0.25, 0.3) is 22.3 Å². The molecule has 55 heavy (non-hydrogen) atoms. The maximum Gasteiger partial charge on any atom is 0.308 e. The van der Waals surface area contributed by atoms with Gasteiger partial charge in [-0.2, -0.15) is 0 Å². The van der Waals surface area contributed by atoms with Crippen LogP contribution in [0.4, 0.5) is 0 Å². The van der Waals surface area contributed by atoms with Crippen molar-refractivity contribution in [1.29, 1.82) is 0 Å². The van der Waals surface area contributed by atoms with Gasteiger partial charge in [0.25, 0.3) is 0 Å². The Kier molecular flexibility index (Phi) is 15.4. The molecule has 0 aliphatic rings. The lowest BCUT2D eigenvalue weighted by molar-refractivity contribution is -0.209. The number of carbonyl (C=O) groups excluding carboxylic acids is 7. The molecule has 1 heterocycles. The van der Waals surface area contributed by atoms with Crippen molar-refractivity contribution in [3.05, 3.63) is 45.0 Å². The van der Waals surface area contributed by atoms with Crippen LogP contribution in [0.3, 0.4) is 0 Å². The van der Waals surface area contributed by atoms with Crippen LogP contribution < -0.4 is 24.4 Å². The van der Waals surface area contributed by atoms with Crippen molar-refractivity contribution in [3.8, 4) is 34.3 Å². The number of rotatable bonds is 16. The highest BCUT2D eigenvalue weighted by atomic mass is 79.9. The summed E-state index contributed by atoms with van der Waals surface area (Å²) in [6.07, 6.45) is -5.67. The quantitative estimate of drug-likeness (QED) is 0.0855. The van der Waals surface area contributed by atoms with Crippen molar-refractivity contribution in [2.75, 3.05) is 13.2 Å². The zero-order valence-electron chi connectivity index (χ0n) is 30.8. The van der Waals surface area contributed by atoms with E-state index in [0.29, 0.717) is 0 Å². The van der Waals surface area contributed by atoms with Gasteiger partial charge in [0, 0.05) is 66.2 Å². The second-order valence-corrected chi connectivity index (χ2v) is 12.3. The highest BCUT2D eigenvalue weighted by molar-refractivity contribution is 9.10. The number of esters is 7. The number of halogens is 1. The fraction of sp³-hybridized carbons (Fsp3) is 0.389. The molecule has 0 radical (unpaired) electrons. The summed E-state index contributed by atoms with van der Waals surface area (Å²) in [5, 5.41) is -0.180. The minimum Gasteiger partial charge on any atom is -0.465 e. The molecule has 0 saturated heterocycles. The van der Waals surface area contributed by atoms with Gasteiger partial charge in [0.15, 0.2) is 35.8 Å². The van der Waals surface area contributed by atoms with Gasteiger partial charge in [-0.15, -0.1) is 0 Å². The van der Waals surface area contributed by atoms with Gasteiger partial charge in [0.2, 0.25) is 5.43 Å². The topological polar surface area (TPSA) is 233 Å². The highest BCUT2D eigenvalue weighted by Gasteiger charge is 2.38. The second-order valence-electron chi connectivity index (χ2n) is 11.5. The molecule has 0 N–H and O–H groups in total. The largest absolute Gasteiger partial charge is 0.465 e. The number of ether oxygens (including phenoxy) is 9. The summed E-state index contributed by atoms with van der Waals surface area (Å²) in [4.78, 5) is 96.8. The van der Waals surface area contributed by atoms with E-state index in [2.05, 4.69) is 15.9 Å². The first-order valence-corrected chi connectivity index (χ1v) is 17.0. The fourth-order valence-corrected chi connectivity index (χ4v) is 5.43. The molecule has 0 aliphatic heterocycles. The van der Waals surface area contributed by atoms with Gasteiger partial charge < -0.3 is 47.0 Å². The standard InChI is InChI=1S/C36H37BrO18/c1-16(38)46-14-30(51-21(6)43)36(52-22(7)44)31(15-47-17(2)39)54-23(8)53-25-12-28(50-20(5)42)32-29(13-25)55-35(33(37)34(32)45)24-9-10-26(48-18(3)40)27(11-24)49-19(4)41/h9-13,23,30-31,36H,14-15H2,1-8H3/t23?,30-,31?,36?/m0/s1. The summed E-state index contributed by atoms with van der Waals surface area (Å²) in [5.74, 6) is -6.06. The first-order chi connectivity index (χ1) is 25.7. The van der Waals surface area contributed by atoms with Crippen molar-refractivity contribution in [2.24, 2.45) is 0 Å². The molecule has 0 saturated carbocycles. The fourth-order valence-electron chi connectivity index (χ4n) is 4.92. The summed E-state index contributed by atoms with van der Waals surface area (Å²) in [6.45, 7) is 7.99. The Labute approximate surface area is 321 Å². The lowest BCUT2D eigenvalue weighted by atomic mass is 10.1. The van der Waals surface area contributed by atoms with Gasteiger partial charge >= 0.3 is 41.8 Å². The van der Waals surface area contributed by atoms with E-state index in [0.717, 1.165) is 48.5 Å². The predicted molar refractivity (Wildman–Crippen MR) is 189 cm³/mol. The van der Waals surface area contributed by atoms with Crippen molar-refractivity contribution in [1.82, 2.24) is 0 Å². The third-order valence-corrected chi connectivity index (χ3v) is 7.49. The zero-order chi connectivity index (χ0) is 41.1. The van der Waals surface area contributed by atoms with Crippen molar-refractivity contribution in [3.63, 3.8) is 0 Å². The van der Waals surface area contributed by atoms with Crippen molar-refractivity contribution >= 4 is 68.7 Å². The molecule has 3 rings (SSSR count). The number of carbonyl (C=O) groups is 7. The SMILES string of the molecule is CC(=O)OCC(OC(C)Oc1cc(OC(C)=O)c2c(=O)c(Br)c(-c3ccc(OC(C)=O)c(OC(C)=O)c3)oc2c1)C(OC(C)=O)[C@H](COC(C)=O)OC(C)=O. The van der Waals surface area contributed by atoms with E-state index in [1.807, 2.05) is 0 Å². The summed E-state index contributed by atoms with van der Waals surface area (Å²) >= 11 is 3.24. The minimum absolute atomic E-state index is 0.0783. The Balaban J connectivity index is 2.13. The predicted octanol–water partition coefficient (Wildman–Crippen LogP) is 4.10. The first kappa shape index (κ1) is 43.6. The van der Waals surface area contributed by atoms with Crippen LogP contribution >= 0.6 is 15.9 Å². The van der Waals surface area contributed by atoms with E-state index >= 15 is 0 Å². The number of hydrogen-bond donors (Lipinski definition) is 0. The molecule has 2 aromatic carbocycles. The molecule has 3 aromatic rings. The summed E-state index contributed by atoms with van der Waals surface area (Å²) in [5.41, 5.74) is -0.653. The highest BCUT2D eigenvalue weighted by Crippen LogP contribution is 2.39. The van der Waals surface area contributed by atoms with Crippen LogP contribution in [0.15, 0.2) is 44.0 Å². The maximum absolute atomic E-state index is 13.7. The van der Waals surface area contributed by atoms with E-state index in [9.17, 15) is 38.4 Å². The van der Waals surface area contributed by atoms with E-state index in [1.54, 1.807) is 0 Å². The van der Waals surface area contributed by atoms with Gasteiger partial charge in [-0.3, -0.25) is 38.4 Å². The summed E-state index contributed by atoms with van der Waals surface area (Å²) in [7, 11) is 0. The van der Waals surface area contributed by atoms with Crippen LogP contribution in [0.2, 0.25) is 0 Å². The second kappa shape index (κ2) is 19.5. The van der Waals surface area contributed by atoms with Crippen LogP contribution in [0.1, 0.15) is 55.4 Å². The first-order valence-electron chi connectivity index (χ1n) is 16.2. The third-order valence-electron chi connectivity index (χ3n) is 6.77. The van der Waals surface area contributed by atoms with Crippen molar-refractivity contribution < 1.29 is 80.6 Å². The Hall–Kier alpha value is -5.82. The summed E-state index contributed by atoms with van der Waals surface area (Å²) in [6, 6.07) is 6.52. The van der Waals surface area contributed by atoms with Crippen LogP contribution in [0, 0.1) is 0 Å². The van der Waals surface area contributed by atoms with Gasteiger partial charge in [-0.25, -0.2) is 0 Å². The molecular formula is C36H37BrO18. The molecule has 0 bridgehead atoms. The van der Waals surface area contributed by atoms with Gasteiger partial charge in [0.1, 0.15) is 46.3 Å². The number of fused-ring (bicyclic) bond motifs is 1.